The van der Waals surface area contributed by atoms with Crippen molar-refractivity contribution in [3.05, 3.63) is 143 Å². The van der Waals surface area contributed by atoms with Gasteiger partial charge in [-0.05, 0) is 113 Å². The first-order valence-corrected chi connectivity index (χ1v) is 22.0. The summed E-state index contributed by atoms with van der Waals surface area (Å²) in [4.78, 5) is 41.9. The predicted octanol–water partition coefficient (Wildman–Crippen LogP) is 9.50. The van der Waals surface area contributed by atoms with E-state index in [-0.39, 0.29) is 24.0 Å². The molecule has 6 aromatic rings. The Balaban J connectivity index is 0.974. The molecule has 0 spiro atoms. The van der Waals surface area contributed by atoms with E-state index in [0.717, 1.165) is 36.5 Å². The Kier molecular flexibility index (Phi) is 12.7. The molecule has 0 saturated carbocycles. The maximum absolute atomic E-state index is 14.4. The van der Waals surface area contributed by atoms with E-state index < -0.39 is 23.3 Å². The number of benzene rings is 4. The average Bonchev–Trinajstić information content (AvgIpc) is 4.07. The topological polar surface area (TPSA) is 137 Å². The number of carbonyl (C=O) groups is 2. The lowest BCUT2D eigenvalue weighted by molar-refractivity contribution is -0.0539. The van der Waals surface area contributed by atoms with Gasteiger partial charge < -0.3 is 28.3 Å². The second-order valence-corrected chi connectivity index (χ2v) is 18.7. The molecule has 0 unspecified atom stereocenters. The summed E-state index contributed by atoms with van der Waals surface area (Å²) in [6, 6.07) is 31.0. The highest BCUT2D eigenvalue weighted by Crippen LogP contribution is 2.38. The second kappa shape index (κ2) is 18.3. The van der Waals surface area contributed by atoms with Crippen molar-refractivity contribution in [2.24, 2.45) is 0 Å². The average molecular weight is 839 g/mol. The number of likely N-dealkylation sites (tertiary alicyclic amines) is 2. The fraction of sp³-hybridized carbons (Fsp3) is 0.440. The third-order valence-electron chi connectivity index (χ3n) is 11.4. The van der Waals surface area contributed by atoms with Crippen molar-refractivity contribution in [2.75, 3.05) is 13.1 Å². The van der Waals surface area contributed by atoms with Gasteiger partial charge in [0.1, 0.15) is 12.1 Å². The second-order valence-electron chi connectivity index (χ2n) is 18.7. The van der Waals surface area contributed by atoms with Crippen molar-refractivity contribution in [1.29, 1.82) is 0 Å². The summed E-state index contributed by atoms with van der Waals surface area (Å²) in [5.74, 6) is 1.82. The zero-order valence-electron chi connectivity index (χ0n) is 36.8. The molecule has 4 atom stereocenters. The van der Waals surface area contributed by atoms with Crippen LogP contribution in [0.25, 0.3) is 10.8 Å². The van der Waals surface area contributed by atoms with E-state index in [1.165, 1.54) is 11.1 Å². The van der Waals surface area contributed by atoms with Crippen molar-refractivity contribution >= 4 is 22.6 Å². The lowest BCUT2D eigenvalue weighted by Gasteiger charge is -2.25. The molecule has 0 N–H and O–H groups in total. The van der Waals surface area contributed by atoms with Gasteiger partial charge in [0.05, 0.1) is 23.4 Å². The quantitative estimate of drug-likeness (QED) is 0.104. The Bertz CT molecular complexity index is 2280. The fourth-order valence-electron chi connectivity index (χ4n) is 8.73. The van der Waals surface area contributed by atoms with Gasteiger partial charge in [-0.15, -0.1) is 0 Å². The first-order chi connectivity index (χ1) is 29.7. The van der Waals surface area contributed by atoms with Crippen LogP contribution in [0.15, 0.2) is 106 Å². The van der Waals surface area contributed by atoms with E-state index >= 15 is 0 Å². The number of nitrogens with zero attached hydrogens (tertiary/aromatic N) is 6. The first kappa shape index (κ1) is 42.9. The Morgan fingerprint density at radius 1 is 0.581 bits per heavy atom. The number of aromatic nitrogens is 4. The van der Waals surface area contributed by atoms with Gasteiger partial charge in [-0.3, -0.25) is 9.59 Å². The van der Waals surface area contributed by atoms with E-state index in [1.807, 2.05) is 114 Å². The van der Waals surface area contributed by atoms with Gasteiger partial charge in [0, 0.05) is 49.9 Å². The molecule has 2 aliphatic rings. The van der Waals surface area contributed by atoms with Crippen LogP contribution < -0.4 is 0 Å². The minimum atomic E-state index is -0.426. The molecule has 8 rings (SSSR count). The zero-order chi connectivity index (χ0) is 43.4. The molecule has 4 aromatic carbocycles. The third-order valence-corrected chi connectivity index (χ3v) is 11.4. The maximum atomic E-state index is 14.4. The van der Waals surface area contributed by atoms with Crippen LogP contribution in [-0.2, 0) is 35.2 Å². The molecule has 0 aliphatic carbocycles. The SMILES string of the molecule is CC(C)(C)O[C@@H]1C[C@H](c2nc(CCCc3ccccc3)no2)N(C(=O)c2ccc3cc(C(=O)N4C[C@H](OC(C)(C)C)C[C@H]4c4nc(CCCc5ccccc5)no4)ccc3c2)C1. The lowest BCUT2D eigenvalue weighted by Crippen LogP contribution is -2.34. The normalized spacial score (nSPS) is 19.5. The van der Waals surface area contributed by atoms with Crippen LogP contribution in [0.1, 0.15) is 135 Å². The number of rotatable bonds is 14. The van der Waals surface area contributed by atoms with Crippen LogP contribution in [0, 0.1) is 0 Å². The molecule has 324 valence electrons. The van der Waals surface area contributed by atoms with Gasteiger partial charge in [-0.1, -0.05) is 83.1 Å². The molecule has 12 heteroatoms. The summed E-state index contributed by atoms with van der Waals surface area (Å²) in [7, 11) is 0. The molecule has 2 aromatic heterocycles. The van der Waals surface area contributed by atoms with E-state index in [0.29, 0.717) is 73.3 Å². The van der Waals surface area contributed by atoms with Crippen LogP contribution in [0.5, 0.6) is 0 Å². The van der Waals surface area contributed by atoms with Gasteiger partial charge >= 0.3 is 0 Å². The summed E-state index contributed by atoms with van der Waals surface area (Å²) < 4.78 is 24.4. The lowest BCUT2D eigenvalue weighted by atomic mass is 10.0. The molecule has 62 heavy (non-hydrogen) atoms. The van der Waals surface area contributed by atoms with Crippen LogP contribution in [-0.4, -0.2) is 78.4 Å². The Morgan fingerprint density at radius 2 is 0.984 bits per heavy atom. The van der Waals surface area contributed by atoms with Gasteiger partial charge in [0.15, 0.2) is 11.6 Å². The summed E-state index contributed by atoms with van der Waals surface area (Å²) >= 11 is 0. The van der Waals surface area contributed by atoms with Crippen LogP contribution in [0.4, 0.5) is 0 Å². The van der Waals surface area contributed by atoms with E-state index in [9.17, 15) is 9.59 Å². The number of aryl methyl sites for hydroxylation is 4. The van der Waals surface area contributed by atoms with Crippen molar-refractivity contribution in [3.8, 4) is 0 Å². The molecular weight excluding hydrogens is 781 g/mol. The van der Waals surface area contributed by atoms with Gasteiger partial charge in [0.2, 0.25) is 11.8 Å². The van der Waals surface area contributed by atoms with Gasteiger partial charge in [-0.25, -0.2) is 0 Å². The van der Waals surface area contributed by atoms with Gasteiger partial charge in [-0.2, -0.15) is 9.97 Å². The highest BCUT2D eigenvalue weighted by Gasteiger charge is 2.43. The van der Waals surface area contributed by atoms with Crippen molar-refractivity contribution in [2.45, 2.75) is 128 Å². The van der Waals surface area contributed by atoms with Crippen molar-refractivity contribution < 1.29 is 28.1 Å². The van der Waals surface area contributed by atoms with Crippen LogP contribution >= 0.6 is 0 Å². The molecule has 4 heterocycles. The molecule has 2 amide bonds. The Hall–Kier alpha value is -5.72. The molecular formula is C50H58N6O6. The summed E-state index contributed by atoms with van der Waals surface area (Å²) in [6.45, 7) is 12.9. The fourth-order valence-corrected chi connectivity index (χ4v) is 8.73. The summed E-state index contributed by atoms with van der Waals surface area (Å²) in [5.41, 5.74) is 2.80. The third kappa shape index (κ3) is 10.7. The number of amides is 2. The molecule has 2 saturated heterocycles. The minimum Gasteiger partial charge on any atom is -0.371 e. The summed E-state index contributed by atoms with van der Waals surface area (Å²) in [5, 5.41) is 10.3. The monoisotopic (exact) mass is 838 g/mol. The van der Waals surface area contributed by atoms with Gasteiger partial charge in [0.25, 0.3) is 11.8 Å². The first-order valence-electron chi connectivity index (χ1n) is 22.0. The van der Waals surface area contributed by atoms with E-state index in [4.69, 9.17) is 28.5 Å². The number of hydrogen-bond acceptors (Lipinski definition) is 10. The van der Waals surface area contributed by atoms with Crippen molar-refractivity contribution in [1.82, 2.24) is 30.1 Å². The molecule has 2 aliphatic heterocycles. The van der Waals surface area contributed by atoms with Crippen LogP contribution in [0.3, 0.4) is 0 Å². The largest absolute Gasteiger partial charge is 0.371 e. The molecule has 0 bridgehead atoms. The molecule has 12 nitrogen and oxygen atoms in total. The number of carbonyl (C=O) groups excluding carboxylic acids is 2. The number of hydrogen-bond donors (Lipinski definition) is 0. The Labute approximate surface area is 364 Å². The minimum absolute atomic E-state index is 0.148. The summed E-state index contributed by atoms with van der Waals surface area (Å²) in [6.07, 6.45) is 5.65. The number of ether oxygens (including phenoxy) is 2. The van der Waals surface area contributed by atoms with Crippen molar-refractivity contribution in [3.63, 3.8) is 0 Å². The zero-order valence-corrected chi connectivity index (χ0v) is 36.8. The van der Waals surface area contributed by atoms with E-state index in [1.54, 1.807) is 9.80 Å². The van der Waals surface area contributed by atoms with E-state index in [2.05, 4.69) is 34.6 Å². The standard InChI is InChI=1S/C50H58N6O6/c1-49(2,3)59-39-29-41(45-51-43(53-61-45)21-13-19-33-15-9-7-10-16-33)55(31-39)47(57)37-25-23-36-28-38(26-24-35(36)27-37)48(58)56-32-40(60-50(4,5)6)30-42(56)46-52-44(54-62-46)22-14-20-34-17-11-8-12-18-34/h7-12,15-18,23-28,39-42H,13-14,19-22,29-32H2,1-6H3/t39-,40-,41-,42+/m1/s1. The molecule has 0 radical (unpaired) electrons. The molecule has 2 fully saturated rings. The van der Waals surface area contributed by atoms with Crippen LogP contribution in [0.2, 0.25) is 0 Å². The maximum Gasteiger partial charge on any atom is 0.254 e. The highest BCUT2D eigenvalue weighted by molar-refractivity contribution is 6.02. The smallest absolute Gasteiger partial charge is 0.254 e. The highest BCUT2D eigenvalue weighted by atomic mass is 16.5. The number of fused-ring (bicyclic) bond motifs is 1. The predicted molar refractivity (Wildman–Crippen MR) is 236 cm³/mol. The Morgan fingerprint density at radius 3 is 1.37 bits per heavy atom.